The number of hydrogen-bond donors (Lipinski definition) is 17. The summed E-state index contributed by atoms with van der Waals surface area (Å²) in [6.07, 6.45) is 2.65. The fourth-order valence-electron chi connectivity index (χ4n) is 9.46. The van der Waals surface area contributed by atoms with Crippen molar-refractivity contribution in [3.63, 3.8) is 0 Å². The molecular formula is C56H80N18O11S. The molecule has 466 valence electrons. The molecule has 21 N–H and O–H groups in total. The molecule has 0 saturated carbocycles. The number of imidazole rings is 1. The van der Waals surface area contributed by atoms with E-state index in [1.54, 1.807) is 74.6 Å². The van der Waals surface area contributed by atoms with Crippen molar-refractivity contribution < 1.29 is 52.7 Å². The first-order valence-electron chi connectivity index (χ1n) is 28.3. The molecule has 3 heterocycles. The summed E-state index contributed by atoms with van der Waals surface area (Å²) in [5.41, 5.74) is 30.2. The number of H-pyrrole nitrogens is 2. The van der Waals surface area contributed by atoms with Crippen molar-refractivity contribution in [3.8, 4) is 0 Å². The molecule has 2 aromatic heterocycles. The Morgan fingerprint density at radius 1 is 0.547 bits per heavy atom. The number of aromatic nitrogens is 3. The maximum absolute atomic E-state index is 14.8. The van der Waals surface area contributed by atoms with Gasteiger partial charge in [-0.3, -0.25) is 57.7 Å². The molecule has 0 radical (unpaired) electrons. The number of amides is 11. The number of carbonyl (C=O) groups is 11. The Morgan fingerprint density at radius 3 is 1.59 bits per heavy atom. The highest BCUT2D eigenvalue weighted by Crippen LogP contribution is 2.20. The molecule has 0 aliphatic carbocycles. The van der Waals surface area contributed by atoms with Crippen LogP contribution in [-0.2, 0) is 72.0 Å². The first kappa shape index (κ1) is 67.7. The summed E-state index contributed by atoms with van der Waals surface area (Å²) in [6, 6.07) is 1.92. The predicted molar refractivity (Wildman–Crippen MR) is 320 cm³/mol. The van der Waals surface area contributed by atoms with Gasteiger partial charge >= 0.3 is 0 Å². The van der Waals surface area contributed by atoms with Gasteiger partial charge in [0.2, 0.25) is 65.0 Å². The van der Waals surface area contributed by atoms with Crippen LogP contribution in [0.3, 0.4) is 0 Å². The molecule has 5 rings (SSSR count). The topological polar surface area (TPSA) is 483 Å². The SMILES string of the molecule is CC(C)C[C@@H]1NC(=O)[C@H](Cc2c[nH]c3ccccc23)NC(=O)[C@H](CC(N)=O)NC(=O)[C@H](CS)NC(=O)[C@H](CCCCN)NC(=O)[C@H](CCCN=C(N)N)NC(=O)[C@H](CCC(N)=O)NC(=O)[C@H](Cc2ccccc2)NC(=O)[C@H](Cc2cnc[nH]2)NC1=O. The molecule has 1 fully saturated rings. The lowest BCUT2D eigenvalue weighted by atomic mass is 9.99. The van der Waals surface area contributed by atoms with Gasteiger partial charge in [0, 0.05) is 67.0 Å². The Morgan fingerprint density at radius 2 is 1.03 bits per heavy atom. The van der Waals surface area contributed by atoms with E-state index in [9.17, 15) is 52.7 Å². The average Bonchev–Trinajstić information content (AvgIpc) is 2.25. The molecule has 2 aromatic carbocycles. The van der Waals surface area contributed by atoms with Gasteiger partial charge in [-0.05, 0) is 74.6 Å². The summed E-state index contributed by atoms with van der Waals surface area (Å²) in [6.45, 7) is 3.75. The number of carbonyl (C=O) groups excluding carboxylic acids is 11. The highest BCUT2D eigenvalue weighted by atomic mass is 32.1. The molecule has 0 spiro atoms. The molecule has 4 aromatic rings. The number of rotatable bonds is 22. The fourth-order valence-corrected chi connectivity index (χ4v) is 9.72. The summed E-state index contributed by atoms with van der Waals surface area (Å²) in [7, 11) is 0. The van der Waals surface area contributed by atoms with Gasteiger partial charge < -0.3 is 86.5 Å². The van der Waals surface area contributed by atoms with Crippen LogP contribution < -0.4 is 76.5 Å². The van der Waals surface area contributed by atoms with E-state index in [0.717, 1.165) is 0 Å². The van der Waals surface area contributed by atoms with Crippen molar-refractivity contribution in [1.82, 2.24) is 62.8 Å². The number of nitrogens with zero attached hydrogens (tertiary/aromatic N) is 2. The predicted octanol–water partition coefficient (Wildman–Crippen LogP) is -3.40. The lowest BCUT2D eigenvalue weighted by molar-refractivity contribution is -0.136. The van der Waals surface area contributed by atoms with Crippen molar-refractivity contribution in [2.24, 2.45) is 39.6 Å². The van der Waals surface area contributed by atoms with E-state index in [1.165, 1.54) is 12.5 Å². The van der Waals surface area contributed by atoms with Crippen molar-refractivity contribution in [2.45, 2.75) is 145 Å². The zero-order valence-electron chi connectivity index (χ0n) is 48.0. The second-order valence-electron chi connectivity index (χ2n) is 21.3. The third kappa shape index (κ3) is 21.8. The van der Waals surface area contributed by atoms with Crippen molar-refractivity contribution in [1.29, 1.82) is 0 Å². The normalized spacial score (nSPS) is 22.8. The maximum Gasteiger partial charge on any atom is 0.244 e. The number of aromatic amines is 2. The largest absolute Gasteiger partial charge is 0.370 e. The van der Waals surface area contributed by atoms with Crippen molar-refractivity contribution in [3.05, 3.63) is 90.1 Å². The first-order chi connectivity index (χ1) is 41.0. The molecule has 11 amide bonds. The molecule has 0 bridgehead atoms. The van der Waals surface area contributed by atoms with Crippen molar-refractivity contribution in [2.75, 3.05) is 18.8 Å². The Kier molecular flexibility index (Phi) is 26.8. The number of guanidine groups is 1. The van der Waals surface area contributed by atoms with Gasteiger partial charge in [0.15, 0.2) is 5.96 Å². The van der Waals surface area contributed by atoms with E-state index in [-0.39, 0.29) is 76.3 Å². The molecule has 86 heavy (non-hydrogen) atoms. The minimum absolute atomic E-state index is 0.0131. The van der Waals surface area contributed by atoms with E-state index in [2.05, 4.69) is 80.4 Å². The Labute approximate surface area is 502 Å². The Bertz CT molecular complexity index is 3010. The molecule has 30 heteroatoms. The molecule has 1 aliphatic heterocycles. The van der Waals surface area contributed by atoms with Crippen LogP contribution in [-0.4, -0.2) is 159 Å². The highest BCUT2D eigenvalue weighted by Gasteiger charge is 2.37. The van der Waals surface area contributed by atoms with E-state index in [4.69, 9.17) is 28.7 Å². The third-order valence-electron chi connectivity index (χ3n) is 13.9. The van der Waals surface area contributed by atoms with Crippen LogP contribution >= 0.6 is 12.6 Å². The number of aliphatic imine (C=N–C) groups is 1. The van der Waals surface area contributed by atoms with Gasteiger partial charge in [-0.2, -0.15) is 12.6 Å². The molecular weight excluding hydrogens is 1130 g/mol. The zero-order valence-corrected chi connectivity index (χ0v) is 48.9. The van der Waals surface area contributed by atoms with Gasteiger partial charge in [-0.15, -0.1) is 0 Å². The number of benzene rings is 2. The number of hydrogen-bond acceptors (Lipinski definition) is 15. The molecule has 9 atom stereocenters. The number of fused-ring (bicyclic) bond motifs is 1. The standard InChI is InChI=1S/C56H80N18O11S/c1-30(2)21-39-50(80)72-42(24-33-27-62-29-65-33)53(83)70-40(22-31-11-4-3-5-12-31)51(81)68-38(17-18-45(58)75)49(79)67-37(16-10-20-63-56(60)61)47(77)66-36(15-8-9-19-57)48(78)74-44(28-86)55(85)73-43(25-46(59)76)54(84)71-41(52(82)69-39)23-32-26-64-35-14-7-6-13-34(32)35/h3-7,11-14,26-27,29-30,36-44,64,86H,8-10,15-25,28,57H2,1-2H3,(H2,58,75)(H2,59,76)(H,62,65)(H,66,77)(H,67,79)(H,68,81)(H,69,82)(H,70,83)(H,71,84)(H,72,80)(H,73,85)(H,74,78)(H4,60,61,63)/t36-,37-,38-,39-,40-,41-,42-,43-,44-/m0/s1. The lowest BCUT2D eigenvalue weighted by Gasteiger charge is -2.28. The molecule has 1 aliphatic rings. The number of para-hydroxylation sites is 1. The third-order valence-corrected chi connectivity index (χ3v) is 14.3. The van der Waals surface area contributed by atoms with Gasteiger partial charge in [0.25, 0.3) is 0 Å². The second kappa shape index (κ2) is 34.0. The van der Waals surface area contributed by atoms with E-state index >= 15 is 0 Å². The average molecular weight is 1210 g/mol. The van der Waals surface area contributed by atoms with Crippen LogP contribution in [0.2, 0.25) is 0 Å². The monoisotopic (exact) mass is 1210 g/mol. The van der Waals surface area contributed by atoms with E-state index in [1.807, 2.05) is 0 Å². The quantitative estimate of drug-likeness (QED) is 0.0158. The van der Waals surface area contributed by atoms with Crippen LogP contribution in [0.5, 0.6) is 0 Å². The van der Waals surface area contributed by atoms with Crippen LogP contribution in [0.4, 0.5) is 0 Å². The number of nitrogens with two attached hydrogens (primary N) is 5. The molecule has 0 unspecified atom stereocenters. The Balaban J connectivity index is 1.65. The van der Waals surface area contributed by atoms with Crippen LogP contribution in [0.15, 0.2) is 78.3 Å². The maximum atomic E-state index is 14.8. The van der Waals surface area contributed by atoms with Crippen LogP contribution in [0.1, 0.15) is 88.5 Å². The summed E-state index contributed by atoms with van der Waals surface area (Å²) < 4.78 is 0. The summed E-state index contributed by atoms with van der Waals surface area (Å²) in [5, 5.41) is 24.4. The Hall–Kier alpha value is -9.06. The summed E-state index contributed by atoms with van der Waals surface area (Å²) in [4.78, 5) is 170. The molecule has 29 nitrogen and oxygen atoms in total. The van der Waals surface area contributed by atoms with Gasteiger partial charge in [0.1, 0.15) is 54.4 Å². The molecule has 1 saturated heterocycles. The van der Waals surface area contributed by atoms with Crippen molar-refractivity contribution >= 4 is 94.5 Å². The minimum Gasteiger partial charge on any atom is -0.370 e. The van der Waals surface area contributed by atoms with Crippen LogP contribution in [0.25, 0.3) is 10.9 Å². The number of primary amides is 2. The smallest absolute Gasteiger partial charge is 0.244 e. The number of thiol groups is 1. The van der Waals surface area contributed by atoms with Gasteiger partial charge in [-0.25, -0.2) is 4.98 Å². The van der Waals surface area contributed by atoms with E-state index in [0.29, 0.717) is 34.1 Å². The first-order valence-corrected chi connectivity index (χ1v) is 28.9. The number of nitrogens with one attached hydrogen (secondary N) is 11. The lowest BCUT2D eigenvalue weighted by Crippen LogP contribution is -2.61. The van der Waals surface area contributed by atoms with Crippen LogP contribution in [0, 0.1) is 5.92 Å². The number of unbranched alkanes of at least 4 members (excludes halogenated alkanes) is 1. The van der Waals surface area contributed by atoms with Gasteiger partial charge in [0.05, 0.1) is 12.7 Å². The highest BCUT2D eigenvalue weighted by molar-refractivity contribution is 7.80. The minimum atomic E-state index is -1.76. The summed E-state index contributed by atoms with van der Waals surface area (Å²) >= 11 is 4.30. The fraction of sp³-hybridized carbons (Fsp3) is 0.482. The zero-order chi connectivity index (χ0) is 62.9. The van der Waals surface area contributed by atoms with Gasteiger partial charge in [-0.1, -0.05) is 62.4 Å². The summed E-state index contributed by atoms with van der Waals surface area (Å²) in [5.74, 6) is -11.3. The van der Waals surface area contributed by atoms with E-state index < -0.39 is 144 Å². The second-order valence-corrected chi connectivity index (χ2v) is 21.7.